The van der Waals surface area contributed by atoms with Crippen LogP contribution in [0, 0.1) is 0 Å². The van der Waals surface area contributed by atoms with Gasteiger partial charge in [-0.25, -0.2) is 4.98 Å². The number of methoxy groups -OCH3 is 1. The number of imidazole rings is 1. The van der Waals surface area contributed by atoms with Crippen LogP contribution in [0.15, 0.2) is 41.3 Å². The van der Waals surface area contributed by atoms with Gasteiger partial charge in [0, 0.05) is 36.3 Å². The van der Waals surface area contributed by atoms with Gasteiger partial charge in [-0.1, -0.05) is 5.16 Å². The quantitative estimate of drug-likeness (QED) is 0.743. The zero-order valence-electron chi connectivity index (χ0n) is 12.3. The van der Waals surface area contributed by atoms with E-state index < -0.39 is 0 Å². The molecule has 6 heteroatoms. The van der Waals surface area contributed by atoms with Crippen molar-refractivity contribution >= 4 is 0 Å². The van der Waals surface area contributed by atoms with Gasteiger partial charge in [-0.3, -0.25) is 0 Å². The molecule has 3 heterocycles. The van der Waals surface area contributed by atoms with Gasteiger partial charge in [0.2, 0.25) is 11.7 Å². The Hall–Kier alpha value is -2.63. The number of hydrogen-bond donors (Lipinski definition) is 0. The summed E-state index contributed by atoms with van der Waals surface area (Å²) < 4.78 is 12.8. The predicted molar refractivity (Wildman–Crippen MR) is 79.6 cm³/mol. The molecule has 0 bridgehead atoms. The van der Waals surface area contributed by atoms with Gasteiger partial charge in [0.15, 0.2) is 0 Å². The van der Waals surface area contributed by atoms with Gasteiger partial charge in [0.05, 0.1) is 13.4 Å². The molecular formula is C16H16N4O2. The summed E-state index contributed by atoms with van der Waals surface area (Å²) >= 11 is 0. The van der Waals surface area contributed by atoms with E-state index in [0.717, 1.165) is 30.7 Å². The van der Waals surface area contributed by atoms with Crippen molar-refractivity contribution in [1.82, 2.24) is 19.7 Å². The lowest BCUT2D eigenvalue weighted by atomic mass is 9.96. The molecule has 0 N–H and O–H groups in total. The molecule has 0 saturated heterocycles. The molecule has 6 nitrogen and oxygen atoms in total. The summed E-state index contributed by atoms with van der Waals surface area (Å²) in [4.78, 5) is 8.75. The van der Waals surface area contributed by atoms with Crippen molar-refractivity contribution in [3.05, 3.63) is 48.4 Å². The highest BCUT2D eigenvalue weighted by atomic mass is 16.5. The standard InChI is InChI=1S/C16H16N4O2/c1-21-14-4-2-11(3-5-14)15-18-16(22-19-15)12-6-7-20-10-17-9-13(20)8-12/h2-5,9-10,12H,6-8H2,1H3/t12-/m1/s1. The van der Waals surface area contributed by atoms with Crippen molar-refractivity contribution in [2.45, 2.75) is 25.3 Å². The smallest absolute Gasteiger partial charge is 0.230 e. The number of aromatic nitrogens is 4. The Morgan fingerprint density at radius 3 is 2.95 bits per heavy atom. The highest BCUT2D eigenvalue weighted by Gasteiger charge is 2.25. The number of rotatable bonds is 3. The van der Waals surface area contributed by atoms with Crippen molar-refractivity contribution in [3.8, 4) is 17.1 Å². The number of nitrogens with zero attached hydrogens (tertiary/aromatic N) is 4. The lowest BCUT2D eigenvalue weighted by Gasteiger charge is -2.20. The summed E-state index contributed by atoms with van der Waals surface area (Å²) in [6.07, 6.45) is 5.67. The maximum absolute atomic E-state index is 5.48. The van der Waals surface area contributed by atoms with Gasteiger partial charge < -0.3 is 13.8 Å². The molecule has 4 rings (SSSR count). The Balaban J connectivity index is 1.56. The van der Waals surface area contributed by atoms with Crippen LogP contribution in [-0.2, 0) is 13.0 Å². The second kappa shape index (κ2) is 5.29. The minimum Gasteiger partial charge on any atom is -0.497 e. The predicted octanol–water partition coefficient (Wildman–Crippen LogP) is 2.67. The Morgan fingerprint density at radius 1 is 1.27 bits per heavy atom. The maximum atomic E-state index is 5.48. The number of hydrogen-bond acceptors (Lipinski definition) is 5. The fraction of sp³-hybridized carbons (Fsp3) is 0.312. The van der Waals surface area contributed by atoms with E-state index in [9.17, 15) is 0 Å². The largest absolute Gasteiger partial charge is 0.497 e. The van der Waals surface area contributed by atoms with E-state index >= 15 is 0 Å². The molecule has 0 saturated carbocycles. The maximum Gasteiger partial charge on any atom is 0.230 e. The van der Waals surface area contributed by atoms with Gasteiger partial charge in [0.1, 0.15) is 5.75 Å². The highest BCUT2D eigenvalue weighted by Crippen LogP contribution is 2.29. The van der Waals surface area contributed by atoms with E-state index in [4.69, 9.17) is 9.26 Å². The van der Waals surface area contributed by atoms with E-state index in [1.807, 2.05) is 36.8 Å². The van der Waals surface area contributed by atoms with Gasteiger partial charge in [-0.15, -0.1) is 0 Å². The Bertz CT molecular complexity index is 776. The fourth-order valence-corrected chi connectivity index (χ4v) is 2.84. The summed E-state index contributed by atoms with van der Waals surface area (Å²) in [5.41, 5.74) is 2.15. The van der Waals surface area contributed by atoms with Crippen LogP contribution in [0.2, 0.25) is 0 Å². The molecule has 22 heavy (non-hydrogen) atoms. The van der Waals surface area contributed by atoms with Crippen LogP contribution in [0.25, 0.3) is 11.4 Å². The first-order valence-electron chi connectivity index (χ1n) is 7.30. The second-order valence-electron chi connectivity index (χ2n) is 5.45. The molecule has 0 radical (unpaired) electrons. The zero-order chi connectivity index (χ0) is 14.9. The van der Waals surface area contributed by atoms with Crippen LogP contribution in [0.1, 0.15) is 23.9 Å². The summed E-state index contributed by atoms with van der Waals surface area (Å²) in [5.74, 6) is 2.41. The molecule has 2 aromatic heterocycles. The van der Waals surface area contributed by atoms with E-state index in [0.29, 0.717) is 11.7 Å². The molecule has 0 fully saturated rings. The third-order valence-corrected chi connectivity index (χ3v) is 4.11. The first-order chi connectivity index (χ1) is 10.8. The molecule has 1 atom stereocenters. The zero-order valence-corrected chi connectivity index (χ0v) is 12.3. The van der Waals surface area contributed by atoms with Crippen molar-refractivity contribution in [1.29, 1.82) is 0 Å². The Kier molecular flexibility index (Phi) is 3.14. The fourth-order valence-electron chi connectivity index (χ4n) is 2.84. The van der Waals surface area contributed by atoms with Crippen LogP contribution in [0.3, 0.4) is 0 Å². The topological polar surface area (TPSA) is 66.0 Å². The van der Waals surface area contributed by atoms with Crippen LogP contribution in [0.4, 0.5) is 0 Å². The van der Waals surface area contributed by atoms with Gasteiger partial charge in [-0.2, -0.15) is 4.98 Å². The Labute approximate surface area is 127 Å². The van der Waals surface area contributed by atoms with Gasteiger partial charge in [-0.05, 0) is 30.7 Å². The molecule has 1 aliphatic rings. The molecule has 112 valence electrons. The summed E-state index contributed by atoms with van der Waals surface area (Å²) in [6.45, 7) is 0.945. The third-order valence-electron chi connectivity index (χ3n) is 4.11. The average molecular weight is 296 g/mol. The molecule has 0 amide bonds. The Morgan fingerprint density at radius 2 is 2.14 bits per heavy atom. The molecule has 1 aromatic carbocycles. The second-order valence-corrected chi connectivity index (χ2v) is 5.45. The third kappa shape index (κ3) is 2.26. The van der Waals surface area contributed by atoms with Crippen LogP contribution < -0.4 is 4.74 Å². The minimum absolute atomic E-state index is 0.267. The van der Waals surface area contributed by atoms with Gasteiger partial charge in [0.25, 0.3) is 0 Å². The minimum atomic E-state index is 0.267. The highest BCUT2D eigenvalue weighted by molar-refractivity contribution is 5.55. The van der Waals surface area contributed by atoms with Crippen molar-refractivity contribution in [3.63, 3.8) is 0 Å². The van der Waals surface area contributed by atoms with E-state index in [1.165, 1.54) is 5.69 Å². The van der Waals surface area contributed by atoms with Crippen LogP contribution in [0.5, 0.6) is 5.75 Å². The van der Waals surface area contributed by atoms with Crippen molar-refractivity contribution in [2.24, 2.45) is 0 Å². The molecule has 0 spiro atoms. The number of aryl methyl sites for hydroxylation is 1. The molecule has 3 aromatic rings. The first kappa shape index (κ1) is 13.1. The van der Waals surface area contributed by atoms with Crippen molar-refractivity contribution in [2.75, 3.05) is 7.11 Å². The molecule has 0 aliphatic carbocycles. The average Bonchev–Trinajstić information content (AvgIpc) is 3.23. The molecular weight excluding hydrogens is 280 g/mol. The van der Waals surface area contributed by atoms with Crippen LogP contribution >= 0.6 is 0 Å². The molecule has 1 aliphatic heterocycles. The number of fused-ring (bicyclic) bond motifs is 1. The monoisotopic (exact) mass is 296 g/mol. The first-order valence-corrected chi connectivity index (χ1v) is 7.30. The summed E-state index contributed by atoms with van der Waals surface area (Å²) in [7, 11) is 1.65. The van der Waals surface area contributed by atoms with Crippen LogP contribution in [-0.4, -0.2) is 26.8 Å². The van der Waals surface area contributed by atoms with E-state index in [1.54, 1.807) is 7.11 Å². The molecule has 0 unspecified atom stereocenters. The summed E-state index contributed by atoms with van der Waals surface area (Å²) in [5, 5.41) is 4.11. The lowest BCUT2D eigenvalue weighted by Crippen LogP contribution is -2.17. The van der Waals surface area contributed by atoms with Gasteiger partial charge >= 0.3 is 0 Å². The van der Waals surface area contributed by atoms with E-state index in [-0.39, 0.29) is 5.92 Å². The SMILES string of the molecule is COc1ccc(-c2noc([C@@H]3CCn4cncc4C3)n2)cc1. The summed E-state index contributed by atoms with van der Waals surface area (Å²) in [6, 6.07) is 7.65. The normalized spacial score (nSPS) is 17.2. The van der Waals surface area contributed by atoms with E-state index in [2.05, 4.69) is 19.7 Å². The van der Waals surface area contributed by atoms with Crippen molar-refractivity contribution < 1.29 is 9.26 Å². The number of ether oxygens (including phenoxy) is 1. The lowest BCUT2D eigenvalue weighted by molar-refractivity contribution is 0.325. The number of benzene rings is 1.